The maximum Gasteiger partial charge on any atom is 0.135 e. The Morgan fingerprint density at radius 1 is 1.00 bits per heavy atom. The summed E-state index contributed by atoms with van der Waals surface area (Å²) in [5.41, 5.74) is 1.09. The summed E-state index contributed by atoms with van der Waals surface area (Å²) in [6, 6.07) is 0.415. The molecule has 2 N–H and O–H groups in total. The summed E-state index contributed by atoms with van der Waals surface area (Å²) >= 11 is 0. The first-order chi connectivity index (χ1) is 8.85. The third kappa shape index (κ3) is 4.37. The van der Waals surface area contributed by atoms with Crippen molar-refractivity contribution >= 4 is 11.6 Å². The van der Waals surface area contributed by atoms with Crippen LogP contribution in [0.5, 0.6) is 0 Å². The molecule has 0 spiro atoms. The third-order valence-electron chi connectivity index (χ3n) is 3.12. The van der Waals surface area contributed by atoms with Gasteiger partial charge in [0.1, 0.15) is 17.5 Å². The highest BCUT2D eigenvalue weighted by Crippen LogP contribution is 2.24. The topological polar surface area (TPSA) is 49.8 Å². The summed E-state index contributed by atoms with van der Waals surface area (Å²) in [5, 5.41) is 6.67. The molecule has 108 valence electrons. The van der Waals surface area contributed by atoms with Crippen LogP contribution in [0.4, 0.5) is 11.6 Å². The number of nitrogens with zero attached hydrogens (tertiary/aromatic N) is 2. The van der Waals surface area contributed by atoms with E-state index in [1.807, 2.05) is 7.05 Å². The van der Waals surface area contributed by atoms with E-state index in [1.54, 1.807) is 0 Å². The van der Waals surface area contributed by atoms with E-state index in [4.69, 9.17) is 0 Å². The van der Waals surface area contributed by atoms with Gasteiger partial charge in [-0.3, -0.25) is 0 Å². The van der Waals surface area contributed by atoms with E-state index in [1.165, 1.54) is 0 Å². The van der Waals surface area contributed by atoms with E-state index >= 15 is 0 Å². The Hall–Kier alpha value is -1.32. The van der Waals surface area contributed by atoms with Crippen LogP contribution in [0.2, 0.25) is 0 Å². The maximum atomic E-state index is 4.67. The number of hydrogen-bond acceptors (Lipinski definition) is 4. The predicted molar refractivity (Wildman–Crippen MR) is 82.9 cm³/mol. The van der Waals surface area contributed by atoms with Gasteiger partial charge in [-0.2, -0.15) is 0 Å². The van der Waals surface area contributed by atoms with Crippen molar-refractivity contribution in [2.24, 2.45) is 5.92 Å². The highest BCUT2D eigenvalue weighted by Gasteiger charge is 2.14. The Kier molecular flexibility index (Phi) is 5.58. The second kappa shape index (κ2) is 6.73. The van der Waals surface area contributed by atoms with Crippen LogP contribution in [0.1, 0.15) is 58.3 Å². The first-order valence-corrected chi connectivity index (χ1v) is 7.18. The van der Waals surface area contributed by atoms with Gasteiger partial charge in [0.25, 0.3) is 0 Å². The van der Waals surface area contributed by atoms with Crippen molar-refractivity contribution in [1.29, 1.82) is 0 Å². The van der Waals surface area contributed by atoms with Crippen LogP contribution in [-0.4, -0.2) is 23.1 Å². The number of rotatable bonds is 6. The molecule has 0 fully saturated rings. The van der Waals surface area contributed by atoms with Crippen molar-refractivity contribution in [3.63, 3.8) is 0 Å². The second-order valence-corrected chi connectivity index (χ2v) is 5.98. The maximum absolute atomic E-state index is 4.67. The Bertz CT molecular complexity index is 413. The van der Waals surface area contributed by atoms with Crippen LogP contribution in [0.15, 0.2) is 0 Å². The molecule has 0 aliphatic heterocycles. The molecule has 0 radical (unpaired) electrons. The predicted octanol–water partition coefficient (Wildman–Crippen LogP) is 3.80. The molecule has 1 rings (SSSR count). The minimum atomic E-state index is 0.327. The molecule has 1 heterocycles. The van der Waals surface area contributed by atoms with Gasteiger partial charge in [0, 0.05) is 24.6 Å². The Morgan fingerprint density at radius 3 is 2.05 bits per heavy atom. The van der Waals surface area contributed by atoms with Crippen molar-refractivity contribution in [1.82, 2.24) is 9.97 Å². The van der Waals surface area contributed by atoms with Crippen LogP contribution in [0, 0.1) is 12.8 Å². The fraction of sp³-hybridized carbons (Fsp3) is 0.733. The first-order valence-electron chi connectivity index (χ1n) is 7.18. The zero-order valence-corrected chi connectivity index (χ0v) is 13.3. The molecule has 0 amide bonds. The summed E-state index contributed by atoms with van der Waals surface area (Å²) in [4.78, 5) is 9.22. The van der Waals surface area contributed by atoms with Crippen molar-refractivity contribution in [3.8, 4) is 0 Å². The van der Waals surface area contributed by atoms with Gasteiger partial charge in [-0.15, -0.1) is 0 Å². The minimum Gasteiger partial charge on any atom is -0.373 e. The van der Waals surface area contributed by atoms with E-state index in [2.05, 4.69) is 62.1 Å². The summed E-state index contributed by atoms with van der Waals surface area (Å²) in [6.07, 6.45) is 1.13. The zero-order chi connectivity index (χ0) is 14.6. The third-order valence-corrected chi connectivity index (χ3v) is 3.12. The van der Waals surface area contributed by atoms with E-state index in [9.17, 15) is 0 Å². The summed E-state index contributed by atoms with van der Waals surface area (Å²) in [5.74, 6) is 3.76. The summed E-state index contributed by atoms with van der Waals surface area (Å²) in [7, 11) is 1.90. The van der Waals surface area contributed by atoms with Gasteiger partial charge in [-0.25, -0.2) is 9.97 Å². The lowest BCUT2D eigenvalue weighted by atomic mass is 10.1. The number of nitrogens with one attached hydrogen (secondary N) is 2. The molecule has 4 nitrogen and oxygen atoms in total. The molecule has 0 saturated heterocycles. The molecule has 0 aromatic carbocycles. The molecule has 0 aliphatic carbocycles. The Balaban J connectivity index is 3.01. The lowest BCUT2D eigenvalue weighted by Gasteiger charge is -2.20. The lowest BCUT2D eigenvalue weighted by Crippen LogP contribution is -2.20. The van der Waals surface area contributed by atoms with Crippen LogP contribution in [0.25, 0.3) is 0 Å². The monoisotopic (exact) mass is 264 g/mol. The SMILES string of the molecule is CNc1nc(C(C)C)nc(NC(C)CC(C)C)c1C. The van der Waals surface area contributed by atoms with Crippen molar-refractivity contribution < 1.29 is 0 Å². The average molecular weight is 264 g/mol. The van der Waals surface area contributed by atoms with Crippen LogP contribution in [0.3, 0.4) is 0 Å². The molecule has 0 aliphatic rings. The van der Waals surface area contributed by atoms with Gasteiger partial charge in [0.15, 0.2) is 0 Å². The minimum absolute atomic E-state index is 0.327. The smallest absolute Gasteiger partial charge is 0.135 e. The highest BCUT2D eigenvalue weighted by atomic mass is 15.1. The van der Waals surface area contributed by atoms with Crippen molar-refractivity contribution in [2.45, 2.75) is 59.9 Å². The average Bonchev–Trinajstić information content (AvgIpc) is 2.30. The first kappa shape index (κ1) is 15.7. The standard InChI is InChI=1S/C15H28N4/c1-9(2)8-11(5)17-15-12(6)14(16-7)18-13(19-15)10(3)4/h9-11H,8H2,1-7H3,(H2,16,17,18,19). The molecule has 0 bridgehead atoms. The largest absolute Gasteiger partial charge is 0.373 e. The van der Waals surface area contributed by atoms with Crippen molar-refractivity contribution in [2.75, 3.05) is 17.7 Å². The van der Waals surface area contributed by atoms with Gasteiger partial charge < -0.3 is 10.6 Å². The summed E-state index contributed by atoms with van der Waals surface area (Å²) in [6.45, 7) is 13.0. The molecule has 1 aromatic rings. The molecular formula is C15H28N4. The molecule has 0 saturated carbocycles. The van der Waals surface area contributed by atoms with Gasteiger partial charge in [0.05, 0.1) is 0 Å². The quantitative estimate of drug-likeness (QED) is 0.820. The van der Waals surface area contributed by atoms with Gasteiger partial charge in [-0.1, -0.05) is 27.7 Å². The Labute approximate surface area is 117 Å². The van der Waals surface area contributed by atoms with E-state index < -0.39 is 0 Å². The van der Waals surface area contributed by atoms with Gasteiger partial charge in [0.2, 0.25) is 0 Å². The van der Waals surface area contributed by atoms with Crippen LogP contribution >= 0.6 is 0 Å². The normalized spacial score (nSPS) is 12.9. The van der Waals surface area contributed by atoms with Gasteiger partial charge >= 0.3 is 0 Å². The van der Waals surface area contributed by atoms with E-state index in [-0.39, 0.29) is 0 Å². The molecular weight excluding hydrogens is 236 g/mol. The number of anilines is 2. The summed E-state index contributed by atoms with van der Waals surface area (Å²) < 4.78 is 0. The van der Waals surface area contributed by atoms with Crippen LogP contribution < -0.4 is 10.6 Å². The fourth-order valence-electron chi connectivity index (χ4n) is 2.18. The number of hydrogen-bond donors (Lipinski definition) is 2. The van der Waals surface area contributed by atoms with Crippen LogP contribution in [-0.2, 0) is 0 Å². The van der Waals surface area contributed by atoms with E-state index in [0.29, 0.717) is 17.9 Å². The molecule has 1 unspecified atom stereocenters. The molecule has 1 atom stereocenters. The van der Waals surface area contributed by atoms with Crippen molar-refractivity contribution in [3.05, 3.63) is 11.4 Å². The van der Waals surface area contributed by atoms with Gasteiger partial charge in [-0.05, 0) is 26.2 Å². The molecule has 19 heavy (non-hydrogen) atoms. The fourth-order valence-corrected chi connectivity index (χ4v) is 2.18. The highest BCUT2D eigenvalue weighted by molar-refractivity contribution is 5.57. The number of aromatic nitrogens is 2. The van der Waals surface area contributed by atoms with E-state index in [0.717, 1.165) is 29.4 Å². The lowest BCUT2D eigenvalue weighted by molar-refractivity contribution is 0.538. The Morgan fingerprint density at radius 2 is 1.58 bits per heavy atom. The second-order valence-electron chi connectivity index (χ2n) is 5.98. The molecule has 1 aromatic heterocycles. The zero-order valence-electron chi connectivity index (χ0n) is 13.3. The molecule has 4 heteroatoms.